The molecule has 0 saturated heterocycles. The third-order valence-electron chi connectivity index (χ3n) is 3.17. The molecule has 0 aliphatic carbocycles. The van der Waals surface area contributed by atoms with Gasteiger partial charge >= 0.3 is 0 Å². The highest BCUT2D eigenvalue weighted by Gasteiger charge is 2.13. The van der Waals surface area contributed by atoms with E-state index in [1.165, 1.54) is 47.5 Å². The molecule has 0 spiro atoms. The van der Waals surface area contributed by atoms with Gasteiger partial charge in [0.05, 0.1) is 4.92 Å². The van der Waals surface area contributed by atoms with Crippen LogP contribution in [0.3, 0.4) is 0 Å². The van der Waals surface area contributed by atoms with Crippen molar-refractivity contribution >= 4 is 33.9 Å². The normalized spacial score (nSPS) is 10.6. The maximum absolute atomic E-state index is 12.9. The summed E-state index contributed by atoms with van der Waals surface area (Å²) in [5.74, 6) is -0.274. The van der Waals surface area contributed by atoms with Crippen LogP contribution in [0, 0.1) is 22.9 Å². The molecule has 3 aromatic rings. The van der Waals surface area contributed by atoms with Crippen molar-refractivity contribution in [1.29, 1.82) is 0 Å². The summed E-state index contributed by atoms with van der Waals surface area (Å²) >= 11 is 2.65. The first-order chi connectivity index (χ1) is 12.0. The number of nitrogens with one attached hydrogen (secondary N) is 1. The van der Waals surface area contributed by atoms with E-state index in [0.717, 1.165) is 5.56 Å². The van der Waals surface area contributed by atoms with Crippen molar-refractivity contribution in [3.05, 3.63) is 63.6 Å². The van der Waals surface area contributed by atoms with E-state index in [1.54, 1.807) is 19.1 Å². The van der Waals surface area contributed by atoms with Crippen LogP contribution in [-0.4, -0.2) is 20.1 Å². The lowest BCUT2D eigenvalue weighted by Gasteiger charge is -2.02. The highest BCUT2D eigenvalue weighted by atomic mass is 32.2. The molecule has 0 bridgehead atoms. The molecule has 0 aliphatic rings. The average molecular weight is 377 g/mol. The van der Waals surface area contributed by atoms with Crippen LogP contribution in [0.15, 0.2) is 45.9 Å². The molecule has 25 heavy (non-hydrogen) atoms. The summed E-state index contributed by atoms with van der Waals surface area (Å²) in [6.07, 6.45) is 1.23. The Hall–Kier alpha value is -2.59. The summed E-state index contributed by atoms with van der Waals surface area (Å²) in [6.45, 7) is 2.27. The summed E-state index contributed by atoms with van der Waals surface area (Å²) in [5.41, 5.74) is 1.59. The molecule has 0 atom stereocenters. The smallest absolute Gasteiger partial charge is 0.287 e. The van der Waals surface area contributed by atoms with E-state index in [1.807, 2.05) is 0 Å². The number of halogens is 1. The van der Waals surface area contributed by atoms with Crippen LogP contribution in [-0.2, 0) is 6.54 Å². The summed E-state index contributed by atoms with van der Waals surface area (Å²) in [7, 11) is 0. The maximum Gasteiger partial charge on any atom is 0.287 e. The number of hydrogen-bond acceptors (Lipinski definition) is 8. The molecule has 0 radical (unpaired) electrons. The summed E-state index contributed by atoms with van der Waals surface area (Å²) < 4.78 is 13.5. The molecule has 3 rings (SSSR count). The molecule has 2 heterocycles. The number of pyridine rings is 1. The van der Waals surface area contributed by atoms with Gasteiger partial charge in [0.2, 0.25) is 5.13 Å². The molecule has 1 N–H and O–H groups in total. The van der Waals surface area contributed by atoms with Crippen molar-refractivity contribution < 1.29 is 9.31 Å². The van der Waals surface area contributed by atoms with E-state index in [2.05, 4.69) is 20.5 Å². The van der Waals surface area contributed by atoms with Crippen molar-refractivity contribution in [3.8, 4) is 0 Å². The molecule has 2 aromatic heterocycles. The first-order valence-electron chi connectivity index (χ1n) is 7.12. The molecule has 0 aliphatic heterocycles. The number of rotatable bonds is 6. The highest BCUT2D eigenvalue weighted by Crippen LogP contribution is 2.33. The first-order valence-corrected chi connectivity index (χ1v) is 8.75. The van der Waals surface area contributed by atoms with E-state index < -0.39 is 4.92 Å². The maximum atomic E-state index is 12.9. The first kappa shape index (κ1) is 17.2. The van der Waals surface area contributed by atoms with Gasteiger partial charge in [0, 0.05) is 12.6 Å². The molecule has 1 aromatic carbocycles. The van der Waals surface area contributed by atoms with Crippen LogP contribution in [0.2, 0.25) is 0 Å². The monoisotopic (exact) mass is 377 g/mol. The number of anilines is 1. The van der Waals surface area contributed by atoms with Gasteiger partial charge in [-0.2, -0.15) is 0 Å². The fraction of sp³-hybridized carbons (Fsp3) is 0.133. The number of nitrogens with zero attached hydrogens (tertiary/aromatic N) is 4. The Labute approximate surface area is 150 Å². The zero-order valence-electron chi connectivity index (χ0n) is 13.0. The molecule has 0 saturated carbocycles. The van der Waals surface area contributed by atoms with E-state index in [9.17, 15) is 14.5 Å². The third-order valence-corrected chi connectivity index (χ3v) is 5.23. The standard InChI is InChI=1S/C15H12FN5O2S2/c1-9-6-12(21(22)23)8-17-13(9)24-15-20-19-14(25-15)18-7-10-2-4-11(16)5-3-10/h2-6,8H,7H2,1H3,(H,18,19). The number of aryl methyl sites for hydroxylation is 1. The Morgan fingerprint density at radius 1 is 1.32 bits per heavy atom. The summed E-state index contributed by atoms with van der Waals surface area (Å²) in [5, 5.41) is 23.3. The zero-order valence-corrected chi connectivity index (χ0v) is 14.6. The number of aromatic nitrogens is 3. The second-order valence-electron chi connectivity index (χ2n) is 5.03. The van der Waals surface area contributed by atoms with E-state index >= 15 is 0 Å². The number of benzene rings is 1. The van der Waals surface area contributed by atoms with Gasteiger partial charge in [-0.25, -0.2) is 9.37 Å². The second kappa shape index (κ2) is 7.53. The number of hydrogen-bond donors (Lipinski definition) is 1. The van der Waals surface area contributed by atoms with Crippen LogP contribution in [0.1, 0.15) is 11.1 Å². The largest absolute Gasteiger partial charge is 0.356 e. The van der Waals surface area contributed by atoms with Gasteiger partial charge in [0.25, 0.3) is 5.69 Å². The van der Waals surface area contributed by atoms with Gasteiger partial charge < -0.3 is 5.32 Å². The van der Waals surface area contributed by atoms with E-state index in [-0.39, 0.29) is 11.5 Å². The minimum atomic E-state index is -0.475. The van der Waals surface area contributed by atoms with Gasteiger partial charge in [-0.1, -0.05) is 23.5 Å². The van der Waals surface area contributed by atoms with Crippen molar-refractivity contribution in [2.24, 2.45) is 0 Å². The Morgan fingerprint density at radius 3 is 2.76 bits per heavy atom. The summed E-state index contributed by atoms with van der Waals surface area (Å²) in [4.78, 5) is 14.4. The van der Waals surface area contributed by atoms with Crippen LogP contribution in [0.25, 0.3) is 0 Å². The molecular weight excluding hydrogens is 365 g/mol. The number of nitro groups is 1. The third kappa shape index (κ3) is 4.48. The molecule has 10 heteroatoms. The molecule has 7 nitrogen and oxygen atoms in total. The second-order valence-corrected chi connectivity index (χ2v) is 7.24. The summed E-state index contributed by atoms with van der Waals surface area (Å²) in [6, 6.07) is 7.68. The molecule has 128 valence electrons. The quantitative estimate of drug-likeness (QED) is 0.511. The molecule has 0 amide bonds. The lowest BCUT2D eigenvalue weighted by molar-refractivity contribution is -0.385. The Kier molecular flexibility index (Phi) is 5.19. The van der Waals surface area contributed by atoms with Crippen molar-refractivity contribution in [2.75, 3.05) is 5.32 Å². The van der Waals surface area contributed by atoms with Gasteiger partial charge in [0.15, 0.2) is 4.34 Å². The Bertz CT molecular complexity index is 901. The average Bonchev–Trinajstić information content (AvgIpc) is 3.03. The lowest BCUT2D eigenvalue weighted by atomic mass is 10.2. The van der Waals surface area contributed by atoms with Crippen molar-refractivity contribution in [3.63, 3.8) is 0 Å². The minimum absolute atomic E-state index is 0.0410. The van der Waals surface area contributed by atoms with Gasteiger partial charge in [-0.3, -0.25) is 10.1 Å². The lowest BCUT2D eigenvalue weighted by Crippen LogP contribution is -1.98. The highest BCUT2D eigenvalue weighted by molar-refractivity contribution is 8.01. The predicted molar refractivity (Wildman–Crippen MR) is 93.4 cm³/mol. The van der Waals surface area contributed by atoms with Crippen LogP contribution in [0.4, 0.5) is 15.2 Å². The zero-order chi connectivity index (χ0) is 17.8. The van der Waals surface area contributed by atoms with Crippen LogP contribution >= 0.6 is 23.1 Å². The predicted octanol–water partition coefficient (Wildman–Crippen LogP) is 4.05. The topological polar surface area (TPSA) is 93.8 Å². The SMILES string of the molecule is Cc1cc([N+](=O)[O-])cnc1Sc1nnc(NCc2ccc(F)cc2)s1. The Morgan fingerprint density at radius 2 is 2.08 bits per heavy atom. The van der Waals surface area contributed by atoms with E-state index in [0.29, 0.717) is 26.6 Å². The van der Waals surface area contributed by atoms with E-state index in [4.69, 9.17) is 0 Å². The minimum Gasteiger partial charge on any atom is -0.356 e. The van der Waals surface area contributed by atoms with Gasteiger partial charge in [0.1, 0.15) is 17.0 Å². The van der Waals surface area contributed by atoms with Crippen LogP contribution in [0.5, 0.6) is 0 Å². The Balaban J connectivity index is 1.63. The fourth-order valence-corrected chi connectivity index (χ4v) is 3.62. The van der Waals surface area contributed by atoms with Crippen molar-refractivity contribution in [1.82, 2.24) is 15.2 Å². The molecular formula is C15H12FN5O2S2. The molecule has 0 fully saturated rings. The van der Waals surface area contributed by atoms with Crippen molar-refractivity contribution in [2.45, 2.75) is 22.8 Å². The van der Waals surface area contributed by atoms with Crippen LogP contribution < -0.4 is 5.32 Å². The van der Waals surface area contributed by atoms with Gasteiger partial charge in [-0.15, -0.1) is 10.2 Å². The van der Waals surface area contributed by atoms with Gasteiger partial charge in [-0.05, 0) is 41.9 Å². The fourth-order valence-electron chi connectivity index (χ4n) is 1.94. The molecule has 0 unspecified atom stereocenters.